The van der Waals surface area contributed by atoms with Crippen molar-refractivity contribution in [3.8, 4) is 0 Å². The first-order valence-electron chi connectivity index (χ1n) is 10.2. The quantitative estimate of drug-likeness (QED) is 0.820. The fourth-order valence-corrected chi connectivity index (χ4v) is 4.44. The molecule has 1 N–H and O–H groups in total. The molecule has 9 nitrogen and oxygen atoms in total. The van der Waals surface area contributed by atoms with Crippen LogP contribution in [0.25, 0.3) is 5.52 Å². The molecule has 3 aliphatic heterocycles. The van der Waals surface area contributed by atoms with Gasteiger partial charge in [-0.05, 0) is 52.2 Å². The number of fused-ring (bicyclic) bond motifs is 2. The number of hydrogen-bond donors (Lipinski definition) is 1. The lowest BCUT2D eigenvalue weighted by atomic mass is 10.0. The summed E-state index contributed by atoms with van der Waals surface area (Å²) in [6.45, 7) is 6.49. The summed E-state index contributed by atoms with van der Waals surface area (Å²) in [5.41, 5.74) is 2.08. The number of aliphatic hydroxyl groups is 1. The molecule has 0 spiro atoms. The number of nitrogens with zero attached hydrogens (tertiary/aromatic N) is 3. The van der Waals surface area contributed by atoms with Gasteiger partial charge in [-0.3, -0.25) is 0 Å². The Hall–Kier alpha value is -1.62. The molecule has 0 radical (unpaired) electrons. The van der Waals surface area contributed by atoms with Gasteiger partial charge in [-0.1, -0.05) is 0 Å². The zero-order valence-electron chi connectivity index (χ0n) is 16.9. The number of hydrogen-bond acceptors (Lipinski definition) is 8. The molecular formula is C20H27N3O6. The van der Waals surface area contributed by atoms with E-state index in [2.05, 4.69) is 10.1 Å². The largest absolute Gasteiger partial charge is 0.359 e. The zero-order valence-corrected chi connectivity index (χ0v) is 16.9. The van der Waals surface area contributed by atoms with Crippen LogP contribution >= 0.6 is 0 Å². The summed E-state index contributed by atoms with van der Waals surface area (Å²) in [6.07, 6.45) is 2.49. The number of rotatable bonds is 4. The normalized spacial score (nSPS) is 36.6. The molecular weight excluding hydrogens is 378 g/mol. The molecule has 29 heavy (non-hydrogen) atoms. The second-order valence-corrected chi connectivity index (χ2v) is 8.36. The van der Waals surface area contributed by atoms with E-state index >= 15 is 0 Å². The summed E-state index contributed by atoms with van der Waals surface area (Å²) in [6, 6.07) is 3.65. The minimum absolute atomic E-state index is 0.241. The minimum atomic E-state index is -1.73. The molecule has 0 aliphatic carbocycles. The van der Waals surface area contributed by atoms with Gasteiger partial charge in [0.15, 0.2) is 12.1 Å². The van der Waals surface area contributed by atoms with Crippen molar-refractivity contribution in [1.29, 1.82) is 0 Å². The Morgan fingerprint density at radius 1 is 1.24 bits per heavy atom. The highest BCUT2D eigenvalue weighted by molar-refractivity contribution is 5.53. The zero-order chi connectivity index (χ0) is 20.2. The molecule has 2 aromatic rings. The monoisotopic (exact) mass is 405 g/mol. The van der Waals surface area contributed by atoms with E-state index in [1.165, 1.54) is 6.33 Å². The first-order chi connectivity index (χ1) is 13.9. The summed E-state index contributed by atoms with van der Waals surface area (Å²) in [7, 11) is 0. The van der Waals surface area contributed by atoms with Crippen molar-refractivity contribution in [1.82, 2.24) is 14.6 Å². The van der Waals surface area contributed by atoms with Gasteiger partial charge < -0.3 is 28.8 Å². The van der Waals surface area contributed by atoms with Crippen LogP contribution in [0.4, 0.5) is 0 Å². The Bertz CT molecular complexity index is 895. The van der Waals surface area contributed by atoms with Crippen molar-refractivity contribution in [2.45, 2.75) is 76.2 Å². The van der Waals surface area contributed by atoms with Crippen LogP contribution in [-0.2, 0) is 29.5 Å². The highest BCUT2D eigenvalue weighted by atomic mass is 16.8. The third-order valence-electron chi connectivity index (χ3n) is 5.81. The van der Waals surface area contributed by atoms with Crippen LogP contribution in [0.15, 0.2) is 18.5 Å². The molecule has 5 unspecified atom stereocenters. The first-order valence-corrected chi connectivity index (χ1v) is 10.2. The molecule has 0 aromatic carbocycles. The van der Waals surface area contributed by atoms with E-state index in [0.29, 0.717) is 12.3 Å². The molecule has 3 saturated heterocycles. The third kappa shape index (κ3) is 3.26. The molecule has 5 rings (SSSR count). The van der Waals surface area contributed by atoms with Crippen LogP contribution in [0.1, 0.15) is 44.5 Å². The molecule has 158 valence electrons. The average Bonchev–Trinajstić information content (AvgIpc) is 3.34. The Labute approximate surface area is 168 Å². The van der Waals surface area contributed by atoms with Gasteiger partial charge in [0.1, 0.15) is 30.3 Å². The topological polar surface area (TPSA) is 96.6 Å². The molecule has 5 atom stereocenters. The van der Waals surface area contributed by atoms with E-state index in [1.54, 1.807) is 10.6 Å². The predicted octanol–water partition coefficient (Wildman–Crippen LogP) is 1.64. The van der Waals surface area contributed by atoms with Crippen molar-refractivity contribution in [2.24, 2.45) is 0 Å². The van der Waals surface area contributed by atoms with Crippen LogP contribution in [-0.4, -0.2) is 63.3 Å². The molecule has 3 fully saturated rings. The Morgan fingerprint density at radius 2 is 2.10 bits per heavy atom. The standard InChI is InChI=1S/C20H27N3O6/c1-12-13-7-8-15(23(13)22-11-21-12)20(24)18-17(28-19(2,3)29-18)14(27-20)10-26-16-6-4-5-9-25-16/h7-8,11,14,16-18,24H,4-6,9-10H2,1-3H3. The molecule has 2 aromatic heterocycles. The highest BCUT2D eigenvalue weighted by Crippen LogP contribution is 2.48. The van der Waals surface area contributed by atoms with Gasteiger partial charge in [0, 0.05) is 6.61 Å². The lowest BCUT2D eigenvalue weighted by Gasteiger charge is -2.30. The second kappa shape index (κ2) is 6.97. The van der Waals surface area contributed by atoms with Crippen molar-refractivity contribution in [3.63, 3.8) is 0 Å². The van der Waals surface area contributed by atoms with E-state index in [9.17, 15) is 5.11 Å². The van der Waals surface area contributed by atoms with Gasteiger partial charge in [0.2, 0.25) is 5.79 Å². The molecule has 5 heterocycles. The van der Waals surface area contributed by atoms with Crippen molar-refractivity contribution >= 4 is 5.52 Å². The minimum Gasteiger partial charge on any atom is -0.359 e. The highest BCUT2D eigenvalue weighted by Gasteiger charge is 2.64. The number of ether oxygens (including phenoxy) is 5. The maximum atomic E-state index is 11.7. The summed E-state index contributed by atoms with van der Waals surface area (Å²) in [5, 5.41) is 16.0. The van der Waals surface area contributed by atoms with Gasteiger partial charge in [0.25, 0.3) is 0 Å². The van der Waals surface area contributed by atoms with Gasteiger partial charge in [-0.15, -0.1) is 0 Å². The summed E-state index contributed by atoms with van der Waals surface area (Å²) >= 11 is 0. The third-order valence-corrected chi connectivity index (χ3v) is 5.81. The SMILES string of the molecule is Cc1ncnn2c(C3(O)OC(COC4CCCCO4)C4OC(C)(C)OC43)ccc12. The van der Waals surface area contributed by atoms with Crippen molar-refractivity contribution in [3.05, 3.63) is 29.8 Å². The van der Waals surface area contributed by atoms with E-state index in [4.69, 9.17) is 23.7 Å². The van der Waals surface area contributed by atoms with Crippen LogP contribution < -0.4 is 0 Å². The van der Waals surface area contributed by atoms with Gasteiger partial charge in [-0.2, -0.15) is 5.10 Å². The van der Waals surface area contributed by atoms with Crippen LogP contribution in [0.5, 0.6) is 0 Å². The van der Waals surface area contributed by atoms with Gasteiger partial charge in [-0.25, -0.2) is 9.50 Å². The average molecular weight is 405 g/mol. The van der Waals surface area contributed by atoms with Crippen LogP contribution in [0, 0.1) is 6.92 Å². The lowest BCUT2D eigenvalue weighted by molar-refractivity contribution is -0.292. The molecule has 0 bridgehead atoms. The predicted molar refractivity (Wildman–Crippen MR) is 99.9 cm³/mol. The summed E-state index contributed by atoms with van der Waals surface area (Å²) < 4.78 is 31.5. The van der Waals surface area contributed by atoms with Crippen molar-refractivity contribution < 1.29 is 28.8 Å². The Kier molecular flexibility index (Phi) is 4.65. The van der Waals surface area contributed by atoms with E-state index in [0.717, 1.165) is 30.5 Å². The van der Waals surface area contributed by atoms with Crippen LogP contribution in [0.2, 0.25) is 0 Å². The fraction of sp³-hybridized carbons (Fsp3) is 0.700. The maximum absolute atomic E-state index is 11.7. The van der Waals surface area contributed by atoms with E-state index in [1.807, 2.05) is 26.8 Å². The van der Waals surface area contributed by atoms with Crippen molar-refractivity contribution in [2.75, 3.05) is 13.2 Å². The number of aromatic nitrogens is 3. The number of aryl methyl sites for hydroxylation is 1. The smallest absolute Gasteiger partial charge is 0.240 e. The summed E-state index contributed by atoms with van der Waals surface area (Å²) in [5.74, 6) is -2.57. The molecule has 0 saturated carbocycles. The van der Waals surface area contributed by atoms with E-state index < -0.39 is 29.9 Å². The lowest BCUT2D eigenvalue weighted by Crippen LogP contribution is -2.41. The summed E-state index contributed by atoms with van der Waals surface area (Å²) in [4.78, 5) is 4.21. The Balaban J connectivity index is 1.45. The van der Waals surface area contributed by atoms with Crippen LogP contribution in [0.3, 0.4) is 0 Å². The molecule has 0 amide bonds. The second-order valence-electron chi connectivity index (χ2n) is 8.36. The molecule has 3 aliphatic rings. The van der Waals surface area contributed by atoms with Gasteiger partial charge >= 0.3 is 0 Å². The van der Waals surface area contributed by atoms with Gasteiger partial charge in [0.05, 0.1) is 17.8 Å². The van der Waals surface area contributed by atoms with E-state index in [-0.39, 0.29) is 12.9 Å². The maximum Gasteiger partial charge on any atom is 0.240 e. The fourth-order valence-electron chi connectivity index (χ4n) is 4.44. The Morgan fingerprint density at radius 3 is 2.90 bits per heavy atom. The molecule has 9 heteroatoms. The first kappa shape index (κ1) is 19.3.